The molecule has 0 atom stereocenters. The minimum atomic E-state index is -0.142. The second-order valence-electron chi connectivity index (χ2n) is 24.8. The molecule has 13 rings (SSSR count). The number of H-pyrrole nitrogens is 3. The first-order chi connectivity index (χ1) is 47.3. The Kier molecular flexibility index (Phi) is 19.9. The summed E-state index contributed by atoms with van der Waals surface area (Å²) in [5.74, 6) is 2.73. The van der Waals surface area contributed by atoms with Crippen molar-refractivity contribution in [3.05, 3.63) is 210 Å². The molecule has 0 unspecified atom stereocenters. The lowest BCUT2D eigenvalue weighted by Gasteiger charge is -2.17. The monoisotopic (exact) mass is 1300 g/mol. The summed E-state index contributed by atoms with van der Waals surface area (Å²) in [5, 5.41) is 14.5. The second-order valence-corrected chi connectivity index (χ2v) is 24.8. The molecular weight excluding hydrogens is 1220 g/mol. The van der Waals surface area contributed by atoms with Gasteiger partial charge >= 0.3 is 0 Å². The van der Waals surface area contributed by atoms with Crippen LogP contribution in [0.2, 0.25) is 0 Å². The molecule has 1 aliphatic rings. The highest BCUT2D eigenvalue weighted by molar-refractivity contribution is 6.07. The molecule has 5 N–H and O–H groups in total. The number of fused-ring (bicyclic) bond motifs is 4. The summed E-state index contributed by atoms with van der Waals surface area (Å²) in [6.45, 7) is 5.81. The molecule has 21 nitrogen and oxygen atoms in total. The molecule has 1 aliphatic heterocycles. The van der Waals surface area contributed by atoms with Crippen molar-refractivity contribution in [3.8, 4) is 62.2 Å². The van der Waals surface area contributed by atoms with Crippen molar-refractivity contribution in [1.82, 2.24) is 70.2 Å². The van der Waals surface area contributed by atoms with Gasteiger partial charge in [0.1, 0.15) is 28.9 Å². The van der Waals surface area contributed by atoms with Crippen LogP contribution in [0.4, 0.5) is 5.69 Å². The smallest absolute Gasteiger partial charge is 0.253 e. The maximum absolute atomic E-state index is 13.4. The number of ether oxygens (including phenoxy) is 3. The van der Waals surface area contributed by atoms with Gasteiger partial charge in [0.2, 0.25) is 0 Å². The van der Waals surface area contributed by atoms with Gasteiger partial charge in [0, 0.05) is 86.1 Å². The number of nitrogens with one attached hydrogen (secondary N) is 5. The average Bonchev–Trinajstić information content (AvgIpc) is 1.78. The van der Waals surface area contributed by atoms with E-state index < -0.39 is 0 Å². The summed E-state index contributed by atoms with van der Waals surface area (Å²) >= 11 is 0. The molecule has 492 valence electrons. The maximum atomic E-state index is 13.4. The van der Waals surface area contributed by atoms with Crippen molar-refractivity contribution in [1.29, 1.82) is 0 Å². The molecule has 0 aliphatic carbocycles. The predicted molar refractivity (Wildman–Crippen MR) is 379 cm³/mol. The van der Waals surface area contributed by atoms with Crippen molar-refractivity contribution in [2.75, 3.05) is 94.4 Å². The molecule has 0 spiro atoms. The highest BCUT2D eigenvalue weighted by Crippen LogP contribution is 2.36. The Bertz CT molecular complexity index is 4780. The number of nitrogens with zero attached hydrogens (tertiary/aromatic N) is 10. The zero-order valence-corrected chi connectivity index (χ0v) is 55.1. The van der Waals surface area contributed by atoms with E-state index in [1.807, 2.05) is 134 Å². The Balaban J connectivity index is 0.499. The highest BCUT2D eigenvalue weighted by atomic mass is 16.5. The van der Waals surface area contributed by atoms with Crippen LogP contribution in [-0.4, -0.2) is 177 Å². The topological polar surface area (TPSA) is 242 Å². The number of aromatic amines is 3. The molecule has 0 saturated heterocycles. The second kappa shape index (κ2) is 29.8. The Morgan fingerprint density at radius 3 is 1.56 bits per heavy atom. The van der Waals surface area contributed by atoms with Crippen LogP contribution >= 0.6 is 0 Å². The zero-order chi connectivity index (χ0) is 66.8. The maximum Gasteiger partial charge on any atom is 0.253 e. The normalized spacial score (nSPS) is 12.1. The summed E-state index contributed by atoms with van der Waals surface area (Å²) in [6.07, 6.45) is 4.19. The van der Waals surface area contributed by atoms with Gasteiger partial charge in [0.05, 0.1) is 83.7 Å². The predicted octanol–water partition coefficient (Wildman–Crippen LogP) is 11.7. The molecule has 12 aromatic rings. The Morgan fingerprint density at radius 2 is 0.990 bits per heavy atom. The highest BCUT2D eigenvalue weighted by Gasteiger charge is 2.20. The third-order valence-electron chi connectivity index (χ3n) is 17.1. The van der Waals surface area contributed by atoms with Crippen LogP contribution in [0.1, 0.15) is 60.7 Å². The van der Waals surface area contributed by atoms with E-state index in [9.17, 15) is 14.4 Å². The van der Waals surface area contributed by atoms with Gasteiger partial charge in [0.15, 0.2) is 0 Å². The average molecular weight is 1300 g/mol. The summed E-state index contributed by atoms with van der Waals surface area (Å²) in [5.41, 5.74) is 18.7. The van der Waals surface area contributed by atoms with Crippen LogP contribution in [0.25, 0.3) is 89.5 Å². The molecule has 4 aromatic heterocycles. The number of carbonyl (C=O) groups is 3. The van der Waals surface area contributed by atoms with E-state index in [1.54, 1.807) is 16.6 Å². The van der Waals surface area contributed by atoms with E-state index in [-0.39, 0.29) is 24.3 Å². The molecular formula is C76H77N15O6. The van der Waals surface area contributed by atoms with Gasteiger partial charge in [0.25, 0.3) is 17.7 Å². The zero-order valence-electron chi connectivity index (χ0n) is 55.1. The van der Waals surface area contributed by atoms with Gasteiger partial charge in [-0.25, -0.2) is 15.0 Å². The molecule has 0 radical (unpaired) electrons. The Morgan fingerprint density at radius 1 is 0.495 bits per heavy atom. The number of hydrogen-bond donors (Lipinski definition) is 5. The number of likely N-dealkylation sites (N-methyl/N-ethyl adjacent to an activating group) is 2. The molecule has 97 heavy (non-hydrogen) atoms. The van der Waals surface area contributed by atoms with Gasteiger partial charge in [-0.1, -0.05) is 71.9 Å². The number of aromatic nitrogens is 9. The quantitative estimate of drug-likeness (QED) is 0.0274. The molecule has 5 heterocycles. The van der Waals surface area contributed by atoms with Gasteiger partial charge in [-0.3, -0.25) is 24.1 Å². The lowest BCUT2D eigenvalue weighted by atomic mass is 9.99. The molecule has 0 fully saturated rings. The third-order valence-corrected chi connectivity index (χ3v) is 17.1. The van der Waals surface area contributed by atoms with E-state index in [0.29, 0.717) is 93.7 Å². The van der Waals surface area contributed by atoms with Crippen molar-refractivity contribution in [2.45, 2.75) is 32.4 Å². The summed E-state index contributed by atoms with van der Waals surface area (Å²) in [4.78, 5) is 75.0. The van der Waals surface area contributed by atoms with E-state index in [0.717, 1.165) is 131 Å². The fourth-order valence-corrected chi connectivity index (χ4v) is 11.6. The first-order valence-corrected chi connectivity index (χ1v) is 32.7. The van der Waals surface area contributed by atoms with E-state index in [1.165, 1.54) is 0 Å². The van der Waals surface area contributed by atoms with Gasteiger partial charge in [-0.2, -0.15) is 0 Å². The number of aryl methyl sites for hydroxylation is 1. The van der Waals surface area contributed by atoms with Crippen molar-refractivity contribution in [2.24, 2.45) is 4.99 Å². The number of carbonyl (C=O) groups excluding carboxylic acids is 3. The first kappa shape index (κ1) is 64.7. The minimum Gasteiger partial charge on any atom is -0.494 e. The van der Waals surface area contributed by atoms with Crippen LogP contribution in [0.15, 0.2) is 181 Å². The third kappa shape index (κ3) is 15.9. The number of aliphatic imine (C=N–C) groups is 1. The van der Waals surface area contributed by atoms with Crippen LogP contribution < -0.4 is 15.4 Å². The number of benzene rings is 8. The number of amides is 3. The summed E-state index contributed by atoms with van der Waals surface area (Å²) in [7, 11) is 9.84. The molecule has 21 heteroatoms. The van der Waals surface area contributed by atoms with E-state index in [4.69, 9.17) is 34.2 Å². The molecule has 0 saturated carbocycles. The van der Waals surface area contributed by atoms with Gasteiger partial charge in [-0.15, -0.1) is 5.10 Å². The van der Waals surface area contributed by atoms with Gasteiger partial charge in [-0.05, 0) is 178 Å². The standard InChI is InChI=1S/C76H77N15O6/c1-88(2)34-7-38-97-62-27-22-52(23-28-62)73-82-65-29-24-57(43-68(65)85-73)56-20-21-60-46-66(79-67(60)42-56)49-8-14-53(15-9-49)74(92)77-32-6-35-91-47-61(86-87-91)48-96-41-40-95-39-37-90(5)76(94)55-18-12-51(13-19-55)72-81-64-31-26-59(45-70(64)84-72)58-25-30-63-69(44-58)83-71(80-63)50-10-16-54(17-11-50)75(93)78-33-36-89(3)4/h8-31,42-45,47H,6-7,32-41,46,48H2,1-5H3,(H,77,92)(H,78,93)(H,80,83)(H,81,84)(H,82,85). The largest absolute Gasteiger partial charge is 0.494 e. The van der Waals surface area contributed by atoms with Crippen molar-refractivity contribution >= 4 is 62.2 Å². The number of rotatable bonds is 29. The van der Waals surface area contributed by atoms with Crippen LogP contribution in [-0.2, 0) is 29.0 Å². The van der Waals surface area contributed by atoms with Crippen LogP contribution in [0.3, 0.4) is 0 Å². The molecule has 3 amide bonds. The van der Waals surface area contributed by atoms with Crippen LogP contribution in [0, 0.1) is 0 Å². The first-order valence-electron chi connectivity index (χ1n) is 32.7. The summed E-state index contributed by atoms with van der Waals surface area (Å²) in [6, 6.07) is 55.6. The molecule has 0 bridgehead atoms. The Hall–Kier alpha value is -11.0. The number of hydrogen-bond acceptors (Lipinski definition) is 14. The van der Waals surface area contributed by atoms with Gasteiger partial charge < -0.3 is 54.5 Å². The SMILES string of the molecule is CN(C)CCCOc1ccc(-c2nc3cc(-c4ccc5c(c4)N=C(c4ccc(C(=O)NCCCn6cc(COCCOCCN(C)C(=O)c7ccc(-c8nc9cc(-c%10ccc%11[nH]c(-c%12ccc(C(=O)NCCN(C)C)cc%12)nc%11c%10)ccc9[nH]8)cc7)nn6)cc4)C5)ccc3[nH]2)cc1. The minimum absolute atomic E-state index is 0.101. The fraction of sp³-hybridized carbons (Fsp3) is 0.250. The number of imidazole rings is 3. The van der Waals surface area contributed by atoms with Crippen molar-refractivity contribution in [3.63, 3.8) is 0 Å². The van der Waals surface area contributed by atoms with E-state index >= 15 is 0 Å². The van der Waals surface area contributed by atoms with E-state index in [2.05, 4.69) is 116 Å². The lowest BCUT2D eigenvalue weighted by molar-refractivity contribution is 0.0322. The Labute approximate surface area is 562 Å². The molecule has 8 aromatic carbocycles. The summed E-state index contributed by atoms with van der Waals surface area (Å²) < 4.78 is 19.3. The lowest BCUT2D eigenvalue weighted by Crippen LogP contribution is -2.31. The van der Waals surface area contributed by atoms with Crippen LogP contribution in [0.5, 0.6) is 5.75 Å². The fourth-order valence-electron chi connectivity index (χ4n) is 11.6. The van der Waals surface area contributed by atoms with Crippen molar-refractivity contribution < 1.29 is 28.6 Å².